The number of hydrogen-bond donors (Lipinski definition) is 0. The van der Waals surface area contributed by atoms with E-state index in [9.17, 15) is 4.79 Å². The molecular formula is C23H18Br2O. The van der Waals surface area contributed by atoms with Crippen molar-refractivity contribution in [1.82, 2.24) is 0 Å². The SMILES string of the molecule is CC1(C)C2=CC(Br)=CCC2=C2C(=O)C3=C(C=C4C=C(Br)C=CC4C3)C=C21. The Hall–Kier alpha value is -1.45. The molecule has 1 nitrogen and oxygen atoms in total. The number of allylic oxidation sites excluding steroid dienone is 16. The predicted molar refractivity (Wildman–Crippen MR) is 113 cm³/mol. The van der Waals surface area contributed by atoms with Crippen LogP contribution in [0, 0.1) is 11.3 Å². The lowest BCUT2D eigenvalue weighted by atomic mass is 9.72. The van der Waals surface area contributed by atoms with E-state index in [2.05, 4.69) is 88.2 Å². The minimum atomic E-state index is -0.135. The maximum absolute atomic E-state index is 13.5. The van der Waals surface area contributed by atoms with E-state index in [0.717, 1.165) is 38.5 Å². The van der Waals surface area contributed by atoms with Crippen LogP contribution >= 0.6 is 31.9 Å². The highest BCUT2D eigenvalue weighted by atomic mass is 79.9. The molecule has 26 heavy (non-hydrogen) atoms. The van der Waals surface area contributed by atoms with Crippen molar-refractivity contribution in [2.75, 3.05) is 0 Å². The molecule has 0 saturated heterocycles. The molecule has 0 aliphatic heterocycles. The molecule has 0 aromatic carbocycles. The summed E-state index contributed by atoms with van der Waals surface area (Å²) in [6.45, 7) is 4.47. The van der Waals surface area contributed by atoms with E-state index in [-0.39, 0.29) is 11.2 Å². The summed E-state index contributed by atoms with van der Waals surface area (Å²) in [6, 6.07) is 0. The topological polar surface area (TPSA) is 17.1 Å². The molecule has 0 radical (unpaired) electrons. The third-order valence-electron chi connectivity index (χ3n) is 6.14. The smallest absolute Gasteiger partial charge is 0.190 e. The summed E-state index contributed by atoms with van der Waals surface area (Å²) in [5.41, 5.74) is 7.89. The van der Waals surface area contributed by atoms with E-state index in [0.29, 0.717) is 5.92 Å². The lowest BCUT2D eigenvalue weighted by molar-refractivity contribution is -0.112. The van der Waals surface area contributed by atoms with Gasteiger partial charge in [0.15, 0.2) is 5.78 Å². The van der Waals surface area contributed by atoms with Crippen molar-refractivity contribution in [1.29, 1.82) is 0 Å². The second kappa shape index (κ2) is 5.53. The van der Waals surface area contributed by atoms with Gasteiger partial charge in [-0.15, -0.1) is 0 Å². The average Bonchev–Trinajstić information content (AvgIpc) is 2.81. The average molecular weight is 470 g/mol. The molecule has 0 fully saturated rings. The second-order valence-corrected chi connectivity index (χ2v) is 9.83. The Morgan fingerprint density at radius 2 is 1.81 bits per heavy atom. The molecule has 1 atom stereocenters. The van der Waals surface area contributed by atoms with Gasteiger partial charge in [0.1, 0.15) is 0 Å². The first-order valence-electron chi connectivity index (χ1n) is 8.95. The molecule has 0 aromatic rings. The fraction of sp³-hybridized carbons (Fsp3) is 0.261. The molecule has 5 aliphatic carbocycles. The molecule has 0 heterocycles. The third kappa shape index (κ3) is 2.23. The van der Waals surface area contributed by atoms with Crippen molar-refractivity contribution >= 4 is 37.6 Å². The number of ketones is 1. The zero-order valence-corrected chi connectivity index (χ0v) is 17.9. The van der Waals surface area contributed by atoms with Crippen LogP contribution in [0.15, 0.2) is 90.5 Å². The molecule has 0 bridgehead atoms. The van der Waals surface area contributed by atoms with E-state index in [4.69, 9.17) is 0 Å². The Morgan fingerprint density at radius 1 is 1.00 bits per heavy atom. The van der Waals surface area contributed by atoms with Crippen LogP contribution in [-0.4, -0.2) is 5.78 Å². The lowest BCUT2D eigenvalue weighted by Crippen LogP contribution is -2.23. The Kier molecular flexibility index (Phi) is 3.55. The van der Waals surface area contributed by atoms with Crippen molar-refractivity contribution in [2.45, 2.75) is 26.7 Å². The number of carbonyl (C=O) groups is 1. The highest BCUT2D eigenvalue weighted by Crippen LogP contribution is 2.56. The van der Waals surface area contributed by atoms with Crippen molar-refractivity contribution in [2.24, 2.45) is 11.3 Å². The Labute approximate surface area is 170 Å². The quantitative estimate of drug-likeness (QED) is 0.394. The zero-order chi connectivity index (χ0) is 18.2. The molecule has 0 saturated carbocycles. The van der Waals surface area contributed by atoms with E-state index >= 15 is 0 Å². The molecule has 0 aromatic heterocycles. The van der Waals surface area contributed by atoms with Gasteiger partial charge in [0, 0.05) is 31.4 Å². The van der Waals surface area contributed by atoms with Gasteiger partial charge in [0.25, 0.3) is 0 Å². The summed E-state index contributed by atoms with van der Waals surface area (Å²) >= 11 is 7.19. The molecular weight excluding hydrogens is 452 g/mol. The number of carbonyl (C=O) groups excluding carboxylic acids is 1. The van der Waals surface area contributed by atoms with Crippen molar-refractivity contribution in [3.8, 4) is 0 Å². The standard InChI is InChI=1S/C23H18Br2O/c1-23(2)19-11-16(25)5-6-17(19)21-20(23)10-14-7-13-8-15(24)4-3-12(13)9-18(14)22(21)26/h3-5,7-8,10-12H,6,9H2,1-2H3. The molecule has 0 amide bonds. The van der Waals surface area contributed by atoms with Crippen LogP contribution in [0.25, 0.3) is 0 Å². The van der Waals surface area contributed by atoms with Crippen LogP contribution in [0.2, 0.25) is 0 Å². The van der Waals surface area contributed by atoms with Crippen LogP contribution in [-0.2, 0) is 4.79 Å². The zero-order valence-electron chi connectivity index (χ0n) is 14.7. The number of halogens is 2. The van der Waals surface area contributed by atoms with Crippen LogP contribution in [0.5, 0.6) is 0 Å². The van der Waals surface area contributed by atoms with Gasteiger partial charge in [-0.3, -0.25) is 4.79 Å². The van der Waals surface area contributed by atoms with Gasteiger partial charge in [0.2, 0.25) is 0 Å². The van der Waals surface area contributed by atoms with Gasteiger partial charge >= 0.3 is 0 Å². The highest BCUT2D eigenvalue weighted by molar-refractivity contribution is 9.12. The molecule has 0 spiro atoms. The first-order valence-corrected chi connectivity index (χ1v) is 10.5. The van der Waals surface area contributed by atoms with E-state index < -0.39 is 0 Å². The third-order valence-corrected chi connectivity index (χ3v) is 7.19. The number of Topliss-reactive ketones (excluding diaryl/α,β-unsaturated/α-hetero) is 1. The van der Waals surface area contributed by atoms with Gasteiger partial charge in [-0.2, -0.15) is 0 Å². The van der Waals surface area contributed by atoms with E-state index in [1.807, 2.05) is 0 Å². The number of hydrogen-bond acceptors (Lipinski definition) is 1. The van der Waals surface area contributed by atoms with Gasteiger partial charge in [-0.1, -0.05) is 70.0 Å². The minimum absolute atomic E-state index is 0.135. The lowest BCUT2D eigenvalue weighted by Gasteiger charge is -2.31. The largest absolute Gasteiger partial charge is 0.289 e. The summed E-state index contributed by atoms with van der Waals surface area (Å²) in [5.74, 6) is 0.553. The molecule has 130 valence electrons. The molecule has 0 N–H and O–H groups in total. The summed E-state index contributed by atoms with van der Waals surface area (Å²) in [4.78, 5) is 13.5. The number of fused-ring (bicyclic) bond motifs is 3. The first kappa shape index (κ1) is 16.7. The number of rotatable bonds is 0. The summed E-state index contributed by atoms with van der Waals surface area (Å²) in [5, 5.41) is 0. The van der Waals surface area contributed by atoms with Gasteiger partial charge in [-0.05, 0) is 58.9 Å². The maximum atomic E-state index is 13.5. The molecule has 1 unspecified atom stereocenters. The van der Waals surface area contributed by atoms with Gasteiger partial charge < -0.3 is 0 Å². The van der Waals surface area contributed by atoms with Gasteiger partial charge in [-0.25, -0.2) is 0 Å². The molecule has 5 rings (SSSR count). The second-order valence-electron chi connectivity index (χ2n) is 7.99. The van der Waals surface area contributed by atoms with Crippen molar-refractivity contribution < 1.29 is 4.79 Å². The van der Waals surface area contributed by atoms with Crippen LogP contribution in [0.4, 0.5) is 0 Å². The normalized spacial score (nSPS) is 28.4. The van der Waals surface area contributed by atoms with Crippen LogP contribution in [0.3, 0.4) is 0 Å². The fourth-order valence-corrected chi connectivity index (χ4v) is 5.56. The summed E-state index contributed by atoms with van der Waals surface area (Å²) in [7, 11) is 0. The molecule has 3 heteroatoms. The predicted octanol–water partition coefficient (Wildman–Crippen LogP) is 6.53. The van der Waals surface area contributed by atoms with Crippen molar-refractivity contribution in [3.05, 3.63) is 90.5 Å². The minimum Gasteiger partial charge on any atom is -0.289 e. The Morgan fingerprint density at radius 3 is 2.62 bits per heavy atom. The van der Waals surface area contributed by atoms with Gasteiger partial charge in [0.05, 0.1) is 0 Å². The summed E-state index contributed by atoms with van der Waals surface area (Å²) < 4.78 is 2.21. The fourth-order valence-electron chi connectivity index (χ4n) is 4.75. The monoisotopic (exact) mass is 468 g/mol. The first-order chi connectivity index (χ1) is 12.4. The highest BCUT2D eigenvalue weighted by Gasteiger charge is 2.46. The van der Waals surface area contributed by atoms with E-state index in [1.165, 1.54) is 22.3 Å². The van der Waals surface area contributed by atoms with E-state index in [1.54, 1.807) is 0 Å². The maximum Gasteiger partial charge on any atom is 0.190 e. The Balaban J connectivity index is 1.69. The Bertz CT molecular complexity index is 1030. The van der Waals surface area contributed by atoms with Crippen LogP contribution < -0.4 is 0 Å². The molecule has 5 aliphatic rings. The van der Waals surface area contributed by atoms with Crippen molar-refractivity contribution in [3.63, 3.8) is 0 Å². The summed E-state index contributed by atoms with van der Waals surface area (Å²) in [6.07, 6.45) is 16.9. The van der Waals surface area contributed by atoms with Crippen LogP contribution in [0.1, 0.15) is 26.7 Å².